The van der Waals surface area contributed by atoms with Crippen LogP contribution in [0.1, 0.15) is 43.2 Å². The van der Waals surface area contributed by atoms with Crippen molar-refractivity contribution >= 4 is 11.6 Å². The number of fused-ring (bicyclic) bond motifs is 1. The highest BCUT2D eigenvalue weighted by Crippen LogP contribution is 2.42. The standard InChI is InChI=1S/C26H26N4O2/c1-18-7-3-4-8-20(18)17-29-11-13-30(14-12-29)26(23-16-27-15-19(2)28-23)24(31)21-9-5-6-10-22(21)25(26)32/h3-10,15-16H,11-14,17H2,1-2H3. The summed E-state index contributed by atoms with van der Waals surface area (Å²) in [5.74, 6) is -0.379. The van der Waals surface area contributed by atoms with Gasteiger partial charge in [-0.3, -0.25) is 29.4 Å². The number of hydrogen-bond donors (Lipinski definition) is 0. The quantitative estimate of drug-likeness (QED) is 0.597. The average molecular weight is 427 g/mol. The molecule has 1 saturated heterocycles. The Morgan fingerprint density at radius 3 is 2.09 bits per heavy atom. The molecule has 0 unspecified atom stereocenters. The second-order valence-corrected chi connectivity index (χ2v) is 8.65. The Labute approximate surface area is 187 Å². The van der Waals surface area contributed by atoms with E-state index < -0.39 is 5.54 Å². The molecule has 0 N–H and O–H groups in total. The van der Waals surface area contributed by atoms with Crippen LogP contribution in [0.3, 0.4) is 0 Å². The molecule has 1 aromatic heterocycles. The zero-order valence-electron chi connectivity index (χ0n) is 18.4. The molecule has 0 radical (unpaired) electrons. The van der Waals surface area contributed by atoms with Crippen molar-refractivity contribution in [3.8, 4) is 0 Å². The summed E-state index contributed by atoms with van der Waals surface area (Å²) in [5, 5.41) is 0. The number of Topliss-reactive ketones (excluding diaryl/α,β-unsaturated/α-hetero) is 2. The Bertz CT molecular complexity index is 1160. The fraction of sp³-hybridized carbons (Fsp3) is 0.308. The van der Waals surface area contributed by atoms with Gasteiger partial charge in [-0.2, -0.15) is 0 Å². The fourth-order valence-corrected chi connectivity index (χ4v) is 4.96. The van der Waals surface area contributed by atoms with E-state index >= 15 is 0 Å². The van der Waals surface area contributed by atoms with E-state index in [1.807, 2.05) is 24.0 Å². The maximum absolute atomic E-state index is 13.8. The Kier molecular flexibility index (Phi) is 5.19. The van der Waals surface area contributed by atoms with E-state index in [1.54, 1.807) is 24.5 Å². The molecule has 0 atom stereocenters. The lowest BCUT2D eigenvalue weighted by molar-refractivity contribution is 0.0265. The Morgan fingerprint density at radius 1 is 0.844 bits per heavy atom. The molecule has 2 heterocycles. The van der Waals surface area contributed by atoms with Gasteiger partial charge in [-0.15, -0.1) is 0 Å². The van der Waals surface area contributed by atoms with Gasteiger partial charge in [0, 0.05) is 50.0 Å². The van der Waals surface area contributed by atoms with Crippen LogP contribution in [-0.4, -0.2) is 57.5 Å². The highest BCUT2D eigenvalue weighted by molar-refractivity contribution is 6.32. The van der Waals surface area contributed by atoms with E-state index in [-0.39, 0.29) is 11.6 Å². The molecule has 0 amide bonds. The first kappa shape index (κ1) is 20.7. The molecule has 0 saturated carbocycles. The minimum atomic E-state index is -1.43. The van der Waals surface area contributed by atoms with Gasteiger partial charge in [0.15, 0.2) is 17.1 Å². The van der Waals surface area contributed by atoms with E-state index in [0.717, 1.165) is 19.6 Å². The normalized spacial score (nSPS) is 18.7. The third-order valence-corrected chi connectivity index (χ3v) is 6.70. The summed E-state index contributed by atoms with van der Waals surface area (Å²) in [4.78, 5) is 40.9. The zero-order chi connectivity index (χ0) is 22.3. The first-order chi connectivity index (χ1) is 15.5. The summed E-state index contributed by atoms with van der Waals surface area (Å²) >= 11 is 0. The van der Waals surface area contributed by atoms with Gasteiger partial charge >= 0.3 is 0 Å². The van der Waals surface area contributed by atoms with Crippen molar-refractivity contribution in [2.24, 2.45) is 0 Å². The molecule has 3 aromatic rings. The van der Waals surface area contributed by atoms with Crippen LogP contribution in [-0.2, 0) is 12.1 Å². The number of carbonyl (C=O) groups excluding carboxylic acids is 2. The van der Waals surface area contributed by atoms with Crippen molar-refractivity contribution in [3.05, 3.63) is 94.6 Å². The van der Waals surface area contributed by atoms with Crippen LogP contribution < -0.4 is 0 Å². The highest BCUT2D eigenvalue weighted by atomic mass is 16.2. The molecule has 1 aliphatic carbocycles. The Hall–Kier alpha value is -3.22. The minimum absolute atomic E-state index is 0.189. The smallest absolute Gasteiger partial charge is 0.198 e. The SMILES string of the molecule is Cc1cncc(C2(N3CCN(Cc4ccccc4C)CC3)C(=O)c3ccccc3C2=O)n1. The molecule has 32 heavy (non-hydrogen) atoms. The number of aryl methyl sites for hydroxylation is 2. The van der Waals surface area contributed by atoms with E-state index in [9.17, 15) is 9.59 Å². The van der Waals surface area contributed by atoms with Crippen LogP contribution in [0, 0.1) is 13.8 Å². The van der Waals surface area contributed by atoms with Gasteiger partial charge in [0.05, 0.1) is 17.6 Å². The van der Waals surface area contributed by atoms with Crippen molar-refractivity contribution in [1.29, 1.82) is 0 Å². The van der Waals surface area contributed by atoms with Gasteiger partial charge in [0.1, 0.15) is 0 Å². The summed E-state index contributed by atoms with van der Waals surface area (Å²) in [5.41, 5.74) is 3.22. The predicted octanol–water partition coefficient (Wildman–Crippen LogP) is 3.19. The van der Waals surface area contributed by atoms with Gasteiger partial charge in [0.2, 0.25) is 0 Å². The van der Waals surface area contributed by atoms with E-state index in [2.05, 4.69) is 46.1 Å². The number of piperazine rings is 1. The van der Waals surface area contributed by atoms with E-state index in [1.165, 1.54) is 11.1 Å². The number of nitrogens with zero attached hydrogens (tertiary/aromatic N) is 4. The zero-order valence-corrected chi connectivity index (χ0v) is 18.4. The van der Waals surface area contributed by atoms with Crippen molar-refractivity contribution in [2.75, 3.05) is 26.2 Å². The van der Waals surface area contributed by atoms with Crippen molar-refractivity contribution in [3.63, 3.8) is 0 Å². The number of benzene rings is 2. The summed E-state index contributed by atoms with van der Waals surface area (Å²) in [6, 6.07) is 15.5. The summed E-state index contributed by atoms with van der Waals surface area (Å²) in [7, 11) is 0. The lowest BCUT2D eigenvalue weighted by Crippen LogP contribution is -2.60. The third kappa shape index (κ3) is 3.18. The number of carbonyl (C=O) groups is 2. The monoisotopic (exact) mass is 426 g/mol. The largest absolute Gasteiger partial charge is 0.297 e. The van der Waals surface area contributed by atoms with Crippen LogP contribution >= 0.6 is 0 Å². The Morgan fingerprint density at radius 2 is 1.47 bits per heavy atom. The molecular formula is C26H26N4O2. The molecule has 0 bridgehead atoms. The Balaban J connectivity index is 1.48. The van der Waals surface area contributed by atoms with Gasteiger partial charge in [-0.1, -0.05) is 48.5 Å². The van der Waals surface area contributed by atoms with Gasteiger partial charge in [0.25, 0.3) is 0 Å². The molecule has 1 aliphatic heterocycles. The average Bonchev–Trinajstić information content (AvgIpc) is 3.04. The molecular weight excluding hydrogens is 400 g/mol. The van der Waals surface area contributed by atoms with Crippen LogP contribution in [0.15, 0.2) is 60.9 Å². The van der Waals surface area contributed by atoms with Crippen molar-refractivity contribution < 1.29 is 9.59 Å². The molecule has 2 aliphatic rings. The molecule has 5 rings (SSSR count). The topological polar surface area (TPSA) is 66.4 Å². The minimum Gasteiger partial charge on any atom is -0.297 e. The van der Waals surface area contributed by atoms with Crippen LogP contribution in [0.2, 0.25) is 0 Å². The van der Waals surface area contributed by atoms with Crippen LogP contribution in [0.5, 0.6) is 0 Å². The predicted molar refractivity (Wildman–Crippen MR) is 122 cm³/mol. The molecule has 1 fully saturated rings. The fourth-order valence-electron chi connectivity index (χ4n) is 4.96. The summed E-state index contributed by atoms with van der Waals surface area (Å²) in [6.07, 6.45) is 3.22. The van der Waals surface area contributed by atoms with E-state index in [0.29, 0.717) is 35.6 Å². The molecule has 162 valence electrons. The van der Waals surface area contributed by atoms with Gasteiger partial charge in [-0.05, 0) is 25.0 Å². The van der Waals surface area contributed by atoms with Crippen molar-refractivity contribution in [2.45, 2.75) is 25.9 Å². The first-order valence-corrected chi connectivity index (χ1v) is 11.0. The summed E-state index contributed by atoms with van der Waals surface area (Å²) < 4.78 is 0. The molecule has 2 aromatic carbocycles. The van der Waals surface area contributed by atoms with Gasteiger partial charge < -0.3 is 0 Å². The number of aromatic nitrogens is 2. The second kappa shape index (κ2) is 8.04. The lowest BCUT2D eigenvalue weighted by atomic mass is 9.86. The third-order valence-electron chi connectivity index (χ3n) is 6.70. The van der Waals surface area contributed by atoms with Crippen molar-refractivity contribution in [1.82, 2.24) is 19.8 Å². The first-order valence-electron chi connectivity index (χ1n) is 11.0. The maximum Gasteiger partial charge on any atom is 0.198 e. The van der Waals surface area contributed by atoms with Crippen LogP contribution in [0.4, 0.5) is 0 Å². The number of rotatable bonds is 4. The maximum atomic E-state index is 13.8. The van der Waals surface area contributed by atoms with E-state index in [4.69, 9.17) is 0 Å². The second-order valence-electron chi connectivity index (χ2n) is 8.65. The van der Waals surface area contributed by atoms with Gasteiger partial charge in [-0.25, -0.2) is 0 Å². The van der Waals surface area contributed by atoms with Crippen LogP contribution in [0.25, 0.3) is 0 Å². The number of ketones is 2. The molecule has 0 spiro atoms. The molecule has 6 heteroatoms. The number of hydrogen-bond acceptors (Lipinski definition) is 6. The lowest BCUT2D eigenvalue weighted by Gasteiger charge is -2.43. The molecule has 6 nitrogen and oxygen atoms in total. The summed E-state index contributed by atoms with van der Waals surface area (Å²) in [6.45, 7) is 7.57. The highest BCUT2D eigenvalue weighted by Gasteiger charge is 2.59.